The summed E-state index contributed by atoms with van der Waals surface area (Å²) in [6.07, 6.45) is -69.6. The first kappa shape index (κ1) is 85.0. The molecule has 8 aliphatic heterocycles. The molecule has 0 radical (unpaired) electrons. The molecule has 8 fully saturated rings. The van der Waals surface area contributed by atoms with Gasteiger partial charge < -0.3 is 203 Å². The van der Waals surface area contributed by atoms with E-state index in [1.165, 1.54) is 20.8 Å². The fraction of sp³-hybridized carbons (Fsp3) is 1.00. The summed E-state index contributed by atoms with van der Waals surface area (Å²) >= 11 is 0. The van der Waals surface area contributed by atoms with Crippen LogP contribution < -0.4 is 0 Å². The maximum absolute atomic E-state index is 12.5. The maximum Gasteiger partial charge on any atom is 0.187 e. The normalized spacial score (nSPS) is 50.0. The van der Waals surface area contributed by atoms with Crippen LogP contribution in [0.15, 0.2) is 0 Å². The van der Waals surface area contributed by atoms with Crippen molar-refractivity contribution in [2.45, 2.75) is 287 Å². The first-order valence-electron chi connectivity index (χ1n) is 33.7. The molecule has 0 aromatic heterocycles. The summed E-state index contributed by atoms with van der Waals surface area (Å²) in [6, 6.07) is 0. The lowest BCUT2D eigenvalue weighted by Crippen LogP contribution is -2.67. The molecule has 8 aliphatic rings. The molecule has 0 bridgehead atoms. The van der Waals surface area contributed by atoms with Crippen molar-refractivity contribution in [2.24, 2.45) is 23.7 Å². The van der Waals surface area contributed by atoms with E-state index < -0.39 is 335 Å². The fourth-order valence-electron chi connectivity index (χ4n) is 13.4. The van der Waals surface area contributed by atoms with E-state index in [9.17, 15) is 123 Å². The largest absolute Gasteiger partial charge is 0.394 e. The van der Waals surface area contributed by atoms with Crippen molar-refractivity contribution in [1.82, 2.24) is 0 Å². The summed E-state index contributed by atoms with van der Waals surface area (Å²) in [5, 5.41) is 262. The Morgan fingerprint density at radius 1 is 0.307 bits per heavy atom. The molecular formula is C60H106O41. The van der Waals surface area contributed by atoms with Crippen LogP contribution >= 0.6 is 0 Å². The van der Waals surface area contributed by atoms with E-state index in [1.54, 1.807) is 13.8 Å². The first-order valence-corrected chi connectivity index (χ1v) is 33.7. The average molecular weight is 1480 g/mol. The Kier molecular flexibility index (Phi) is 31.7. The van der Waals surface area contributed by atoms with E-state index in [4.69, 9.17) is 80.5 Å². The summed E-state index contributed by atoms with van der Waals surface area (Å²) in [7, 11) is 0. The van der Waals surface area contributed by atoms with Gasteiger partial charge in [0.1, 0.15) is 165 Å². The van der Waals surface area contributed by atoms with E-state index in [1.807, 2.05) is 0 Å². The van der Waals surface area contributed by atoms with Gasteiger partial charge in [-0.05, 0) is 13.8 Å². The smallest absolute Gasteiger partial charge is 0.187 e. The number of rotatable bonds is 30. The Bertz CT molecular complexity index is 2410. The lowest BCUT2D eigenvalue weighted by molar-refractivity contribution is -0.400. The Balaban J connectivity index is 1.07. The van der Waals surface area contributed by atoms with Crippen molar-refractivity contribution in [3.8, 4) is 0 Å². The molecule has 44 atom stereocenters. The molecule has 101 heavy (non-hydrogen) atoms. The van der Waals surface area contributed by atoms with Crippen molar-refractivity contribution in [2.75, 3.05) is 66.1 Å². The molecule has 0 saturated carbocycles. The van der Waals surface area contributed by atoms with Gasteiger partial charge in [-0.15, -0.1) is 0 Å². The highest BCUT2D eigenvalue weighted by molar-refractivity contribution is 5.01. The lowest BCUT2D eigenvalue weighted by atomic mass is 9.88. The fourth-order valence-corrected chi connectivity index (χ4v) is 13.4. The zero-order chi connectivity index (χ0) is 74.5. The highest BCUT2D eigenvalue weighted by Crippen LogP contribution is 2.41. The van der Waals surface area contributed by atoms with E-state index in [-0.39, 0.29) is 0 Å². The van der Waals surface area contributed by atoms with Crippen LogP contribution in [0.2, 0.25) is 0 Å². The second-order valence-corrected chi connectivity index (χ2v) is 27.1. The van der Waals surface area contributed by atoms with Crippen LogP contribution in [-0.2, 0) is 80.5 Å². The van der Waals surface area contributed by atoms with Gasteiger partial charge >= 0.3 is 0 Å². The van der Waals surface area contributed by atoms with Crippen molar-refractivity contribution < 1.29 is 203 Å². The third-order valence-electron chi connectivity index (χ3n) is 20.2. The molecule has 0 amide bonds. The Morgan fingerprint density at radius 3 is 1.07 bits per heavy atom. The molecule has 41 nitrogen and oxygen atoms in total. The molecule has 17 unspecified atom stereocenters. The molecule has 8 saturated heterocycles. The second-order valence-electron chi connectivity index (χ2n) is 27.1. The van der Waals surface area contributed by atoms with E-state index in [0.29, 0.717) is 0 Å². The number of hydrogen-bond donors (Lipinski definition) is 24. The number of ether oxygens (including phenoxy) is 17. The van der Waals surface area contributed by atoms with Crippen molar-refractivity contribution in [1.29, 1.82) is 0 Å². The van der Waals surface area contributed by atoms with Gasteiger partial charge in [0.05, 0.1) is 96.1 Å². The Hall–Kier alpha value is -1.64. The van der Waals surface area contributed by atoms with Crippen LogP contribution in [0, 0.1) is 23.7 Å². The van der Waals surface area contributed by atoms with Crippen molar-refractivity contribution >= 4 is 0 Å². The molecule has 0 aliphatic carbocycles. The third kappa shape index (κ3) is 18.8. The van der Waals surface area contributed by atoms with Gasteiger partial charge in [0.15, 0.2) is 50.3 Å². The number of hydrogen-bond acceptors (Lipinski definition) is 41. The molecule has 41 heteroatoms. The highest BCUT2D eigenvalue weighted by Gasteiger charge is 2.59. The number of aliphatic hydroxyl groups excluding tert-OH is 24. The van der Waals surface area contributed by atoms with Gasteiger partial charge in [-0.2, -0.15) is 0 Å². The predicted molar refractivity (Wildman–Crippen MR) is 320 cm³/mol. The van der Waals surface area contributed by atoms with Gasteiger partial charge in [-0.1, -0.05) is 27.7 Å². The quantitative estimate of drug-likeness (QED) is 0.0297. The van der Waals surface area contributed by atoms with E-state index in [0.717, 1.165) is 6.92 Å². The minimum Gasteiger partial charge on any atom is -0.394 e. The summed E-state index contributed by atoms with van der Waals surface area (Å²) in [5.41, 5.74) is 0. The highest BCUT2D eigenvalue weighted by atomic mass is 16.8. The molecular weight excluding hydrogens is 1380 g/mol. The summed E-state index contributed by atoms with van der Waals surface area (Å²) in [4.78, 5) is 0. The lowest BCUT2D eigenvalue weighted by Gasteiger charge is -2.50. The first-order chi connectivity index (χ1) is 47.8. The zero-order valence-electron chi connectivity index (χ0n) is 56.1. The SMILES string of the molecule is CC1C(O)[C@H](O[C@@H]2OC(CO)[C@H](O)C(O)[C@@H]2O)[C@H](CO)O[C@H]1OC[C@@H](OCC1O[C@@H](O[C@@H]2C(CO)O[C@@H](O[C@@H]3C(CO)O[C@@H](C)C(C)[C@H]3O)C(C)[C@H]2O)[C@H](O)C(O[C@H]2O[C@H](CO)[C@@H](O)C(O)C2O[C@@H]2OC(CO)[C@@H](O[C@@H]3OC(CO)[C@H](O)C(O)[C@@H]3O)C(O)[C@@H]2C)[C@@H]1O)OC(CO)[C@@H](O)[C@@H](C)O. The van der Waals surface area contributed by atoms with Crippen molar-refractivity contribution in [3.05, 3.63) is 0 Å². The average Bonchev–Trinajstić information content (AvgIpc) is 0.777. The van der Waals surface area contributed by atoms with Gasteiger partial charge in [0.25, 0.3) is 0 Å². The third-order valence-corrected chi connectivity index (χ3v) is 20.2. The predicted octanol–water partition coefficient (Wildman–Crippen LogP) is -13.8. The monoisotopic (exact) mass is 1480 g/mol. The maximum atomic E-state index is 12.5. The summed E-state index contributed by atoms with van der Waals surface area (Å²) in [5.74, 6) is -4.16. The number of aliphatic hydroxyl groups is 24. The molecule has 592 valence electrons. The van der Waals surface area contributed by atoms with E-state index in [2.05, 4.69) is 0 Å². The Labute approximate surface area is 578 Å². The van der Waals surface area contributed by atoms with Gasteiger partial charge in [0, 0.05) is 23.7 Å². The summed E-state index contributed by atoms with van der Waals surface area (Å²) < 4.78 is 102. The molecule has 8 rings (SSSR count). The molecule has 0 aromatic rings. The van der Waals surface area contributed by atoms with Gasteiger partial charge in [0.2, 0.25) is 0 Å². The minimum atomic E-state index is -2.31. The molecule has 8 heterocycles. The van der Waals surface area contributed by atoms with Crippen LogP contribution in [0.25, 0.3) is 0 Å². The molecule has 0 spiro atoms. The van der Waals surface area contributed by atoms with Crippen LogP contribution in [-0.4, -0.2) is 434 Å². The van der Waals surface area contributed by atoms with Crippen LogP contribution in [0.5, 0.6) is 0 Å². The summed E-state index contributed by atoms with van der Waals surface area (Å²) in [6.45, 7) is -0.336. The van der Waals surface area contributed by atoms with Crippen LogP contribution in [0.3, 0.4) is 0 Å². The van der Waals surface area contributed by atoms with E-state index >= 15 is 0 Å². The van der Waals surface area contributed by atoms with Crippen LogP contribution in [0.4, 0.5) is 0 Å². The molecule has 24 N–H and O–H groups in total. The Morgan fingerprint density at radius 2 is 0.644 bits per heavy atom. The van der Waals surface area contributed by atoms with Crippen molar-refractivity contribution in [3.63, 3.8) is 0 Å². The molecule has 0 aromatic carbocycles. The minimum absolute atomic E-state index is 0.522. The van der Waals surface area contributed by atoms with Gasteiger partial charge in [-0.3, -0.25) is 0 Å². The standard InChI is InChI=1S/C60H106O41/c1-17-22(6)87-27(11-65)48(33(17)70)96-55-19(3)35(72)51(30(14-68)93-55)99-59-47(84)52(100-60-53(44(81)40(77)26(10-64)91-60)101-56-20(4)36(73)50(29(13-67)94-56)98-58-46(83)43(80)39(76)25(9-63)90-58)41(78)31(95-59)15-85-32(88-23(7-61)37(74)21(5)69)16-86-54-18(2)34(71)49(28(12-66)92-54)97-57-45(82)42(79)38(75)24(8-62)89-57/h17-84H,7-16H2,1-6H3/t17?,18?,19?,20-,21+,22-,23?,24?,25?,26+,27?,28-,29?,30?,31?,32-,33+,34?,35+,36?,37-,38-,39-,40+,41+,42?,43?,44?,45-,46-,47+,48+,49+,50+,51+,52?,53?,54+,55-,56-,57-,58-,59-,60+/m0/s1. The van der Waals surface area contributed by atoms with Gasteiger partial charge in [-0.25, -0.2) is 0 Å². The van der Waals surface area contributed by atoms with Crippen LogP contribution in [0.1, 0.15) is 41.5 Å². The topological polar surface area (TPSA) is 642 Å². The zero-order valence-corrected chi connectivity index (χ0v) is 56.1. The second kappa shape index (κ2) is 37.7.